The molecule has 1 atom stereocenters. The standard InChI is InChI=1S/C30H43N3O5/c1-37-26-14-9-15-27(38-2)29(26)25-19-24(32-33(25)20-22-12-7-4-8-13-22)30(36)31-23(18-28(34)35)17-16-21-10-5-3-6-11-21/h9,14-15,19,21-23H,3-8,10-13,16-18,20H2,1-2H3,(H,31,36)(H,34,35)/t23-/m0/s1. The van der Waals surface area contributed by atoms with Crippen molar-refractivity contribution in [3.8, 4) is 22.8 Å². The van der Waals surface area contributed by atoms with Gasteiger partial charge in [-0.1, -0.05) is 57.4 Å². The lowest BCUT2D eigenvalue weighted by atomic mass is 9.85. The summed E-state index contributed by atoms with van der Waals surface area (Å²) in [5.74, 6) is 1.18. The number of methoxy groups -OCH3 is 2. The van der Waals surface area contributed by atoms with Crippen molar-refractivity contribution < 1.29 is 24.2 Å². The summed E-state index contributed by atoms with van der Waals surface area (Å²) in [7, 11) is 3.24. The summed E-state index contributed by atoms with van der Waals surface area (Å²) >= 11 is 0. The summed E-state index contributed by atoms with van der Waals surface area (Å²) in [4.78, 5) is 25.0. The van der Waals surface area contributed by atoms with E-state index >= 15 is 0 Å². The maximum Gasteiger partial charge on any atom is 0.305 e. The normalized spacial score (nSPS) is 17.6. The van der Waals surface area contributed by atoms with Gasteiger partial charge in [0, 0.05) is 12.6 Å². The maximum atomic E-state index is 13.4. The van der Waals surface area contributed by atoms with E-state index < -0.39 is 12.0 Å². The number of carbonyl (C=O) groups is 2. The predicted octanol–water partition coefficient (Wildman–Crippen LogP) is 6.08. The lowest BCUT2D eigenvalue weighted by molar-refractivity contribution is -0.137. The van der Waals surface area contributed by atoms with Gasteiger partial charge < -0.3 is 19.9 Å². The fraction of sp³-hybridized carbons (Fsp3) is 0.633. The van der Waals surface area contributed by atoms with Crippen molar-refractivity contribution >= 4 is 11.9 Å². The highest BCUT2D eigenvalue weighted by Gasteiger charge is 2.26. The van der Waals surface area contributed by atoms with Crippen LogP contribution in [0.1, 0.15) is 94.0 Å². The van der Waals surface area contributed by atoms with Gasteiger partial charge in [0.15, 0.2) is 5.69 Å². The van der Waals surface area contributed by atoms with E-state index in [-0.39, 0.29) is 18.0 Å². The van der Waals surface area contributed by atoms with Crippen LogP contribution in [-0.4, -0.2) is 47.0 Å². The molecule has 4 rings (SSSR count). The molecule has 2 aromatic rings. The molecule has 2 fully saturated rings. The van der Waals surface area contributed by atoms with Crippen molar-refractivity contribution in [3.05, 3.63) is 30.0 Å². The third kappa shape index (κ3) is 7.29. The van der Waals surface area contributed by atoms with Gasteiger partial charge in [-0.05, 0) is 55.7 Å². The molecule has 2 aliphatic rings. The van der Waals surface area contributed by atoms with Crippen LogP contribution in [0.15, 0.2) is 24.3 Å². The molecule has 1 aromatic carbocycles. The number of carboxylic acid groups (broad SMARTS) is 1. The highest BCUT2D eigenvalue weighted by Crippen LogP contribution is 2.39. The highest BCUT2D eigenvalue weighted by molar-refractivity contribution is 5.94. The van der Waals surface area contributed by atoms with Crippen LogP contribution in [0.2, 0.25) is 0 Å². The first-order valence-electron chi connectivity index (χ1n) is 14.3. The number of rotatable bonds is 12. The second-order valence-electron chi connectivity index (χ2n) is 11.0. The number of aromatic nitrogens is 2. The average molecular weight is 526 g/mol. The lowest BCUT2D eigenvalue weighted by Gasteiger charge is -2.24. The molecule has 0 saturated heterocycles. The number of nitrogens with zero attached hydrogens (tertiary/aromatic N) is 2. The molecule has 0 aliphatic heterocycles. The molecule has 38 heavy (non-hydrogen) atoms. The molecule has 208 valence electrons. The number of benzene rings is 1. The zero-order chi connectivity index (χ0) is 26.9. The Hall–Kier alpha value is -3.03. The Morgan fingerprint density at radius 3 is 2.18 bits per heavy atom. The molecule has 0 unspecified atom stereocenters. The van der Waals surface area contributed by atoms with E-state index in [0.717, 1.165) is 30.5 Å². The summed E-state index contributed by atoms with van der Waals surface area (Å²) in [6, 6.07) is 7.00. The molecule has 0 radical (unpaired) electrons. The minimum atomic E-state index is -0.902. The second-order valence-corrected chi connectivity index (χ2v) is 11.0. The molecule has 8 heteroatoms. The summed E-state index contributed by atoms with van der Waals surface area (Å²) in [6.45, 7) is 0.712. The SMILES string of the molecule is COc1cccc(OC)c1-c1cc(C(=O)N[C@@H](CCC2CCCCC2)CC(=O)O)nn1CC1CCCCC1. The number of carbonyl (C=O) groups excluding carboxylic acids is 1. The quantitative estimate of drug-likeness (QED) is 0.348. The Morgan fingerprint density at radius 1 is 1.00 bits per heavy atom. The van der Waals surface area contributed by atoms with E-state index in [0.29, 0.717) is 36.3 Å². The highest BCUT2D eigenvalue weighted by atomic mass is 16.5. The fourth-order valence-electron chi connectivity index (χ4n) is 6.19. The van der Waals surface area contributed by atoms with Crippen molar-refractivity contribution in [1.82, 2.24) is 15.1 Å². The molecular formula is C30H43N3O5. The zero-order valence-electron chi connectivity index (χ0n) is 22.9. The minimum Gasteiger partial charge on any atom is -0.496 e. The number of ether oxygens (including phenoxy) is 2. The molecule has 2 saturated carbocycles. The van der Waals surface area contributed by atoms with E-state index in [1.807, 2.05) is 22.9 Å². The zero-order valence-corrected chi connectivity index (χ0v) is 22.9. The monoisotopic (exact) mass is 525 g/mol. The van der Waals surface area contributed by atoms with Gasteiger partial charge in [0.2, 0.25) is 0 Å². The van der Waals surface area contributed by atoms with E-state index in [9.17, 15) is 14.7 Å². The second kappa shape index (κ2) is 13.7. The summed E-state index contributed by atoms with van der Waals surface area (Å²) in [5.41, 5.74) is 1.82. The van der Waals surface area contributed by atoms with Gasteiger partial charge in [0.1, 0.15) is 11.5 Å². The minimum absolute atomic E-state index is 0.0889. The van der Waals surface area contributed by atoms with Crippen LogP contribution in [0, 0.1) is 11.8 Å². The predicted molar refractivity (Wildman–Crippen MR) is 147 cm³/mol. The van der Waals surface area contributed by atoms with Crippen LogP contribution in [0.25, 0.3) is 11.3 Å². The van der Waals surface area contributed by atoms with Gasteiger partial charge in [-0.15, -0.1) is 0 Å². The molecule has 2 N–H and O–H groups in total. The van der Waals surface area contributed by atoms with Crippen LogP contribution in [0.3, 0.4) is 0 Å². The van der Waals surface area contributed by atoms with E-state index in [2.05, 4.69) is 5.32 Å². The summed E-state index contributed by atoms with van der Waals surface area (Å²) < 4.78 is 13.3. The molecule has 1 amide bonds. The third-order valence-corrected chi connectivity index (χ3v) is 8.26. The molecule has 8 nitrogen and oxygen atoms in total. The molecule has 1 heterocycles. The fourth-order valence-corrected chi connectivity index (χ4v) is 6.19. The van der Waals surface area contributed by atoms with Gasteiger partial charge in [-0.2, -0.15) is 5.10 Å². The summed E-state index contributed by atoms with van der Waals surface area (Å²) in [5, 5.41) is 17.3. The molecular weight excluding hydrogens is 482 g/mol. The number of hydrogen-bond donors (Lipinski definition) is 2. The Bertz CT molecular complexity index is 1050. The van der Waals surface area contributed by atoms with Gasteiger partial charge in [0.25, 0.3) is 5.91 Å². The number of hydrogen-bond acceptors (Lipinski definition) is 5. The van der Waals surface area contributed by atoms with Gasteiger partial charge >= 0.3 is 5.97 Å². The smallest absolute Gasteiger partial charge is 0.305 e. The number of amides is 1. The van der Waals surface area contributed by atoms with Crippen LogP contribution in [0.5, 0.6) is 11.5 Å². The summed E-state index contributed by atoms with van der Waals surface area (Å²) in [6.07, 6.45) is 13.7. The average Bonchev–Trinajstić information content (AvgIpc) is 3.35. The first-order chi connectivity index (χ1) is 18.5. The maximum absolute atomic E-state index is 13.4. The van der Waals surface area contributed by atoms with E-state index in [4.69, 9.17) is 14.6 Å². The van der Waals surface area contributed by atoms with Crippen LogP contribution < -0.4 is 14.8 Å². The Labute approximate surface area is 226 Å². The Kier molecular flexibility index (Phi) is 10.1. The van der Waals surface area contributed by atoms with Crippen molar-refractivity contribution in [2.24, 2.45) is 11.8 Å². The number of aliphatic carboxylic acids is 1. The molecule has 0 spiro atoms. The first kappa shape index (κ1) is 28.0. The lowest BCUT2D eigenvalue weighted by Crippen LogP contribution is -2.37. The first-order valence-corrected chi connectivity index (χ1v) is 14.3. The van der Waals surface area contributed by atoms with Crippen LogP contribution >= 0.6 is 0 Å². The largest absolute Gasteiger partial charge is 0.496 e. The van der Waals surface area contributed by atoms with E-state index in [1.165, 1.54) is 51.4 Å². The van der Waals surface area contributed by atoms with Gasteiger partial charge in [-0.25, -0.2) is 0 Å². The van der Waals surface area contributed by atoms with Crippen molar-refractivity contribution in [1.29, 1.82) is 0 Å². The number of nitrogens with one attached hydrogen (secondary N) is 1. The van der Waals surface area contributed by atoms with Crippen molar-refractivity contribution in [2.45, 2.75) is 96.1 Å². The van der Waals surface area contributed by atoms with Gasteiger partial charge in [-0.3, -0.25) is 14.3 Å². The van der Waals surface area contributed by atoms with Crippen LogP contribution in [-0.2, 0) is 11.3 Å². The van der Waals surface area contributed by atoms with Crippen molar-refractivity contribution in [3.63, 3.8) is 0 Å². The molecule has 0 bridgehead atoms. The van der Waals surface area contributed by atoms with Gasteiger partial charge in [0.05, 0.1) is 31.9 Å². The van der Waals surface area contributed by atoms with Crippen molar-refractivity contribution in [2.75, 3.05) is 14.2 Å². The van der Waals surface area contributed by atoms with E-state index in [1.54, 1.807) is 20.3 Å². The number of carboxylic acids is 1. The Morgan fingerprint density at radius 2 is 1.61 bits per heavy atom. The molecule has 2 aliphatic carbocycles. The molecule has 1 aromatic heterocycles. The Balaban J connectivity index is 1.59. The topological polar surface area (TPSA) is 103 Å². The third-order valence-electron chi connectivity index (χ3n) is 8.26. The van der Waals surface area contributed by atoms with Crippen LogP contribution in [0.4, 0.5) is 0 Å².